The summed E-state index contributed by atoms with van der Waals surface area (Å²) in [5.74, 6) is 0. The van der Waals surface area contributed by atoms with Crippen molar-refractivity contribution in [1.82, 2.24) is 5.32 Å². The molecule has 1 aliphatic heterocycles. The Hall–Kier alpha value is -0.860. The number of halogens is 1. The molecule has 1 atom stereocenters. The summed E-state index contributed by atoms with van der Waals surface area (Å²) in [6.45, 7) is 3.13. The van der Waals surface area contributed by atoms with Gasteiger partial charge in [-0.3, -0.25) is 4.79 Å². The van der Waals surface area contributed by atoms with Crippen molar-refractivity contribution in [1.29, 1.82) is 0 Å². The Morgan fingerprint density at radius 1 is 1.47 bits per heavy atom. The van der Waals surface area contributed by atoms with Gasteiger partial charge < -0.3 is 5.32 Å². The van der Waals surface area contributed by atoms with E-state index in [1.54, 1.807) is 0 Å². The third kappa shape index (κ3) is 2.53. The Kier molecular flexibility index (Phi) is 3.85. The van der Waals surface area contributed by atoms with Gasteiger partial charge in [-0.2, -0.15) is 0 Å². The lowest BCUT2D eigenvalue weighted by molar-refractivity contribution is -0.112. The van der Waals surface area contributed by atoms with Crippen LogP contribution in [-0.4, -0.2) is 11.8 Å². The lowest BCUT2D eigenvalue weighted by Crippen LogP contribution is -2.47. The smallest absolute Gasteiger partial charge is 0.221 e. The van der Waals surface area contributed by atoms with Crippen molar-refractivity contribution in [2.75, 3.05) is 6.54 Å². The maximum absolute atomic E-state index is 11.0. The molecule has 1 N–H and O–H groups in total. The minimum absolute atomic E-state index is 0.0700. The first-order valence-electron chi connectivity index (χ1n) is 6.20. The van der Waals surface area contributed by atoms with E-state index in [0.717, 1.165) is 25.8 Å². The third-order valence-electron chi connectivity index (χ3n) is 3.74. The van der Waals surface area contributed by atoms with Crippen LogP contribution in [0.25, 0.3) is 0 Å². The van der Waals surface area contributed by atoms with Crippen LogP contribution in [0.2, 0.25) is 0 Å². The molecule has 1 aliphatic rings. The van der Waals surface area contributed by atoms with Crippen LogP contribution >= 0.6 is 11.6 Å². The number of carbonyl (C=O) groups excluding carboxylic acids is 1. The topological polar surface area (TPSA) is 29.1 Å². The largest absolute Gasteiger partial charge is 0.307 e. The lowest BCUT2D eigenvalue weighted by Gasteiger charge is -2.39. The molecule has 0 aliphatic carbocycles. The molecule has 0 saturated carbocycles. The maximum Gasteiger partial charge on any atom is 0.221 e. The number of rotatable bonds is 4. The second-order valence-electron chi connectivity index (χ2n) is 4.62. The molecule has 0 saturated heterocycles. The molecule has 1 aromatic rings. The second kappa shape index (κ2) is 5.19. The minimum Gasteiger partial charge on any atom is -0.307 e. The standard InChI is InChI=1S/C14H18ClNO/c1-2-14(9-7-13(15)17)12-6-4-3-5-11(12)8-10-16-14/h3-6,16H,2,7-10H2,1H3. The number of nitrogens with one attached hydrogen (secondary N) is 1. The van der Waals surface area contributed by atoms with E-state index in [0.29, 0.717) is 6.42 Å². The van der Waals surface area contributed by atoms with Crippen molar-refractivity contribution in [3.8, 4) is 0 Å². The Morgan fingerprint density at radius 2 is 2.24 bits per heavy atom. The van der Waals surface area contributed by atoms with Crippen LogP contribution in [0.5, 0.6) is 0 Å². The molecule has 2 nitrogen and oxygen atoms in total. The first-order valence-corrected chi connectivity index (χ1v) is 6.57. The predicted octanol–water partition coefficient (Wildman–Crippen LogP) is 2.98. The molecule has 1 heterocycles. The molecule has 0 amide bonds. The molecule has 0 fully saturated rings. The van der Waals surface area contributed by atoms with Crippen molar-refractivity contribution in [3.05, 3.63) is 35.4 Å². The van der Waals surface area contributed by atoms with Crippen LogP contribution in [0, 0.1) is 0 Å². The summed E-state index contributed by atoms with van der Waals surface area (Å²) in [5, 5.41) is 3.34. The van der Waals surface area contributed by atoms with Crippen LogP contribution in [-0.2, 0) is 16.8 Å². The van der Waals surface area contributed by atoms with Crippen LogP contribution in [0.3, 0.4) is 0 Å². The van der Waals surface area contributed by atoms with E-state index in [1.807, 2.05) is 0 Å². The van der Waals surface area contributed by atoms with Crippen molar-refractivity contribution in [2.24, 2.45) is 0 Å². The number of carbonyl (C=O) groups is 1. The van der Waals surface area contributed by atoms with Crippen LogP contribution < -0.4 is 5.32 Å². The van der Waals surface area contributed by atoms with E-state index < -0.39 is 0 Å². The van der Waals surface area contributed by atoms with Gasteiger partial charge in [0.05, 0.1) is 0 Å². The van der Waals surface area contributed by atoms with Gasteiger partial charge in [0, 0.05) is 18.5 Å². The molecule has 1 aromatic carbocycles. The third-order valence-corrected chi connectivity index (χ3v) is 3.93. The molecule has 17 heavy (non-hydrogen) atoms. The summed E-state index contributed by atoms with van der Waals surface area (Å²) in [7, 11) is 0. The van der Waals surface area contributed by atoms with Gasteiger partial charge >= 0.3 is 0 Å². The van der Waals surface area contributed by atoms with Gasteiger partial charge in [-0.1, -0.05) is 31.2 Å². The molecule has 92 valence electrons. The highest BCUT2D eigenvalue weighted by Gasteiger charge is 2.34. The first kappa shape index (κ1) is 12.6. The van der Waals surface area contributed by atoms with Gasteiger partial charge in [0.15, 0.2) is 0 Å². The fraction of sp³-hybridized carbons (Fsp3) is 0.500. The average Bonchev–Trinajstić information content (AvgIpc) is 2.36. The number of benzene rings is 1. The Bertz CT molecular complexity index is 418. The first-order chi connectivity index (χ1) is 8.18. The molecule has 0 radical (unpaired) electrons. The van der Waals surface area contributed by atoms with Gasteiger partial charge in [-0.25, -0.2) is 0 Å². The van der Waals surface area contributed by atoms with Crippen LogP contribution in [0.4, 0.5) is 0 Å². The predicted molar refractivity (Wildman–Crippen MR) is 70.2 cm³/mol. The molecule has 0 bridgehead atoms. The normalized spacial score (nSPS) is 23.2. The summed E-state index contributed by atoms with van der Waals surface area (Å²) in [5.41, 5.74) is 2.67. The highest BCUT2D eigenvalue weighted by atomic mass is 35.5. The lowest BCUT2D eigenvalue weighted by atomic mass is 9.77. The Morgan fingerprint density at radius 3 is 2.94 bits per heavy atom. The van der Waals surface area contributed by atoms with Crippen molar-refractivity contribution in [2.45, 2.75) is 38.1 Å². The zero-order valence-corrected chi connectivity index (χ0v) is 10.9. The fourth-order valence-electron chi connectivity index (χ4n) is 2.76. The van der Waals surface area contributed by atoms with Crippen LogP contribution in [0.15, 0.2) is 24.3 Å². The monoisotopic (exact) mass is 251 g/mol. The molecular weight excluding hydrogens is 234 g/mol. The second-order valence-corrected chi connectivity index (χ2v) is 5.05. The zero-order valence-electron chi connectivity index (χ0n) is 10.1. The molecule has 2 rings (SSSR count). The molecule has 3 heteroatoms. The number of hydrogen-bond donors (Lipinski definition) is 1. The van der Waals surface area contributed by atoms with Gasteiger partial charge in [-0.15, -0.1) is 0 Å². The van der Waals surface area contributed by atoms with Crippen molar-refractivity contribution >= 4 is 16.8 Å². The van der Waals surface area contributed by atoms with Gasteiger partial charge in [0.2, 0.25) is 5.24 Å². The van der Waals surface area contributed by atoms with E-state index in [4.69, 9.17) is 11.6 Å². The summed E-state index contributed by atoms with van der Waals surface area (Å²) in [6, 6.07) is 8.50. The summed E-state index contributed by atoms with van der Waals surface area (Å²) in [4.78, 5) is 11.0. The van der Waals surface area contributed by atoms with E-state index in [-0.39, 0.29) is 10.8 Å². The Labute approximate surface area is 107 Å². The SMILES string of the molecule is CCC1(CCC(=O)Cl)NCCc2ccccc21. The fourth-order valence-corrected chi connectivity index (χ4v) is 2.86. The zero-order chi connectivity index (χ0) is 12.3. The van der Waals surface area contributed by atoms with E-state index in [2.05, 4.69) is 36.5 Å². The molecule has 0 spiro atoms. The van der Waals surface area contributed by atoms with E-state index >= 15 is 0 Å². The molecular formula is C14H18ClNO. The summed E-state index contributed by atoms with van der Waals surface area (Å²) < 4.78 is 0. The van der Waals surface area contributed by atoms with E-state index in [9.17, 15) is 4.79 Å². The quantitative estimate of drug-likeness (QED) is 0.834. The minimum atomic E-state index is -0.248. The molecule has 0 aromatic heterocycles. The van der Waals surface area contributed by atoms with Crippen molar-refractivity contribution in [3.63, 3.8) is 0 Å². The number of fused-ring (bicyclic) bond motifs is 1. The van der Waals surface area contributed by atoms with Gasteiger partial charge in [0.25, 0.3) is 0 Å². The van der Waals surface area contributed by atoms with Gasteiger partial charge in [-0.05, 0) is 42.0 Å². The molecule has 1 unspecified atom stereocenters. The van der Waals surface area contributed by atoms with E-state index in [1.165, 1.54) is 11.1 Å². The van der Waals surface area contributed by atoms with Crippen molar-refractivity contribution < 1.29 is 4.79 Å². The highest BCUT2D eigenvalue weighted by Crippen LogP contribution is 2.35. The Balaban J connectivity index is 2.31. The average molecular weight is 252 g/mol. The summed E-state index contributed by atoms with van der Waals surface area (Å²) in [6.07, 6.45) is 3.25. The van der Waals surface area contributed by atoms with Gasteiger partial charge in [0.1, 0.15) is 0 Å². The van der Waals surface area contributed by atoms with Crippen LogP contribution in [0.1, 0.15) is 37.3 Å². The highest BCUT2D eigenvalue weighted by molar-refractivity contribution is 6.63. The number of hydrogen-bond acceptors (Lipinski definition) is 2. The summed E-state index contributed by atoms with van der Waals surface area (Å²) >= 11 is 5.48. The maximum atomic E-state index is 11.0.